The number of rotatable bonds is 6. The summed E-state index contributed by atoms with van der Waals surface area (Å²) < 4.78 is 28.1. The van der Waals surface area contributed by atoms with E-state index in [0.29, 0.717) is 11.3 Å². The number of fused-ring (bicyclic) bond motifs is 1. The summed E-state index contributed by atoms with van der Waals surface area (Å²) in [6.45, 7) is 3.48. The molecule has 3 aromatic rings. The number of anilines is 2. The van der Waals surface area contributed by atoms with Crippen LogP contribution in [0.5, 0.6) is 0 Å². The lowest BCUT2D eigenvalue weighted by Gasteiger charge is -2.23. The van der Waals surface area contributed by atoms with Crippen molar-refractivity contribution in [2.24, 2.45) is 0 Å². The van der Waals surface area contributed by atoms with Gasteiger partial charge in [0.15, 0.2) is 0 Å². The molecule has 0 aliphatic carbocycles. The molecule has 0 unspecified atom stereocenters. The van der Waals surface area contributed by atoms with E-state index < -0.39 is 10.0 Å². The van der Waals surface area contributed by atoms with Crippen molar-refractivity contribution in [3.63, 3.8) is 0 Å². The minimum Gasteiger partial charge on any atom is -0.326 e. The summed E-state index contributed by atoms with van der Waals surface area (Å²) in [5, 5.41) is 2.61. The van der Waals surface area contributed by atoms with Gasteiger partial charge in [0, 0.05) is 36.4 Å². The molecule has 8 heteroatoms. The van der Waals surface area contributed by atoms with Gasteiger partial charge >= 0.3 is 0 Å². The predicted octanol–water partition coefficient (Wildman–Crippen LogP) is 3.71. The lowest BCUT2D eigenvalue weighted by molar-refractivity contribution is -0.114. The molecule has 0 radical (unpaired) electrons. The SMILES string of the molecule is CC(=O)Nc1ccc(S(=O)(=O)NCc2ccc3c(c2)N(C(=O)c2ccccc2)[C@H](C)C3)cc1. The van der Waals surface area contributed by atoms with Gasteiger partial charge in [-0.1, -0.05) is 30.3 Å². The Morgan fingerprint density at radius 2 is 1.70 bits per heavy atom. The monoisotopic (exact) mass is 463 g/mol. The summed E-state index contributed by atoms with van der Waals surface area (Å²) in [7, 11) is -3.74. The van der Waals surface area contributed by atoms with Gasteiger partial charge in [-0.15, -0.1) is 0 Å². The number of nitrogens with one attached hydrogen (secondary N) is 2. The quantitative estimate of drug-likeness (QED) is 0.583. The van der Waals surface area contributed by atoms with Crippen molar-refractivity contribution in [1.82, 2.24) is 4.72 Å². The summed E-state index contributed by atoms with van der Waals surface area (Å²) in [6, 6.07) is 20.8. The first kappa shape index (κ1) is 22.7. The molecule has 4 rings (SSSR count). The van der Waals surface area contributed by atoms with Crippen molar-refractivity contribution in [3.8, 4) is 0 Å². The van der Waals surface area contributed by atoms with E-state index in [4.69, 9.17) is 0 Å². The maximum atomic E-state index is 13.1. The number of benzene rings is 3. The molecule has 7 nitrogen and oxygen atoms in total. The Hall–Kier alpha value is -3.49. The third-order valence-electron chi connectivity index (χ3n) is 5.56. The van der Waals surface area contributed by atoms with E-state index in [2.05, 4.69) is 10.0 Å². The van der Waals surface area contributed by atoms with Crippen LogP contribution in [0.2, 0.25) is 0 Å². The molecule has 0 bridgehead atoms. The zero-order valence-corrected chi connectivity index (χ0v) is 19.2. The third kappa shape index (κ3) is 4.97. The first-order chi connectivity index (χ1) is 15.7. The number of amides is 2. The van der Waals surface area contributed by atoms with Gasteiger partial charge in [0.1, 0.15) is 0 Å². The largest absolute Gasteiger partial charge is 0.326 e. The van der Waals surface area contributed by atoms with Gasteiger partial charge in [-0.2, -0.15) is 0 Å². The van der Waals surface area contributed by atoms with Crippen LogP contribution in [-0.4, -0.2) is 26.3 Å². The standard InChI is InChI=1S/C25H25N3O4S/c1-17-14-21-9-8-19(15-24(21)28(17)25(30)20-6-4-3-5-7-20)16-26-33(31,32)23-12-10-22(11-13-23)27-18(2)29/h3-13,15,17,26H,14,16H2,1-2H3,(H,27,29)/t17-/m1/s1. The van der Waals surface area contributed by atoms with Gasteiger partial charge in [0.2, 0.25) is 15.9 Å². The highest BCUT2D eigenvalue weighted by atomic mass is 32.2. The third-order valence-corrected chi connectivity index (χ3v) is 6.97. The molecule has 33 heavy (non-hydrogen) atoms. The molecule has 0 fully saturated rings. The number of nitrogens with zero attached hydrogens (tertiary/aromatic N) is 1. The summed E-state index contributed by atoms with van der Waals surface area (Å²) in [5.41, 5.74) is 3.77. The molecule has 3 aromatic carbocycles. The first-order valence-corrected chi connectivity index (χ1v) is 12.1. The lowest BCUT2D eigenvalue weighted by Crippen LogP contribution is -2.35. The number of carbonyl (C=O) groups is 2. The molecule has 1 atom stereocenters. The maximum Gasteiger partial charge on any atom is 0.258 e. The topological polar surface area (TPSA) is 95.6 Å². The Bertz CT molecular complexity index is 1290. The molecule has 1 aliphatic heterocycles. The molecule has 2 N–H and O–H groups in total. The summed E-state index contributed by atoms with van der Waals surface area (Å²) >= 11 is 0. The summed E-state index contributed by atoms with van der Waals surface area (Å²) in [4.78, 5) is 26.1. The van der Waals surface area contributed by atoms with E-state index in [9.17, 15) is 18.0 Å². The second-order valence-electron chi connectivity index (χ2n) is 8.09. The highest BCUT2D eigenvalue weighted by Crippen LogP contribution is 2.34. The number of hydrogen-bond acceptors (Lipinski definition) is 4. The van der Waals surface area contributed by atoms with E-state index in [1.807, 2.05) is 43.3 Å². The van der Waals surface area contributed by atoms with Crippen LogP contribution in [0, 0.1) is 0 Å². The van der Waals surface area contributed by atoms with Crippen molar-refractivity contribution >= 4 is 33.2 Å². The Kier molecular flexibility index (Phi) is 6.31. The predicted molar refractivity (Wildman–Crippen MR) is 128 cm³/mol. The van der Waals surface area contributed by atoms with Crippen molar-refractivity contribution in [2.45, 2.75) is 37.8 Å². The van der Waals surface area contributed by atoms with Crippen LogP contribution >= 0.6 is 0 Å². The van der Waals surface area contributed by atoms with Gasteiger partial charge in [-0.25, -0.2) is 13.1 Å². The minimum atomic E-state index is -3.74. The molecule has 0 saturated carbocycles. The summed E-state index contributed by atoms with van der Waals surface area (Å²) in [6.07, 6.45) is 0.751. The maximum absolute atomic E-state index is 13.1. The molecular formula is C25H25N3O4S. The Balaban J connectivity index is 1.51. The van der Waals surface area contributed by atoms with Crippen LogP contribution < -0.4 is 14.9 Å². The highest BCUT2D eigenvalue weighted by molar-refractivity contribution is 7.89. The second-order valence-corrected chi connectivity index (χ2v) is 9.85. The van der Waals surface area contributed by atoms with Gasteiger partial charge in [0.05, 0.1) is 4.90 Å². The lowest BCUT2D eigenvalue weighted by atomic mass is 10.1. The Morgan fingerprint density at radius 1 is 1.00 bits per heavy atom. The van der Waals surface area contributed by atoms with Crippen molar-refractivity contribution in [3.05, 3.63) is 89.5 Å². The molecule has 2 amide bonds. The molecule has 1 heterocycles. The normalized spacial score (nSPS) is 15.2. The fraction of sp³-hybridized carbons (Fsp3) is 0.200. The highest BCUT2D eigenvalue weighted by Gasteiger charge is 2.31. The molecule has 0 saturated heterocycles. The Morgan fingerprint density at radius 3 is 2.36 bits per heavy atom. The summed E-state index contributed by atoms with van der Waals surface area (Å²) in [5.74, 6) is -0.298. The van der Waals surface area contributed by atoms with Crippen molar-refractivity contribution in [2.75, 3.05) is 10.2 Å². The van der Waals surface area contributed by atoms with E-state index >= 15 is 0 Å². The molecule has 1 aliphatic rings. The Labute approximate surface area is 193 Å². The van der Waals surface area contributed by atoms with E-state index in [1.54, 1.807) is 29.2 Å². The average Bonchev–Trinajstić information content (AvgIpc) is 3.12. The molecule has 0 aromatic heterocycles. The number of carbonyl (C=O) groups excluding carboxylic acids is 2. The smallest absolute Gasteiger partial charge is 0.258 e. The fourth-order valence-corrected chi connectivity index (χ4v) is 4.99. The van der Waals surface area contributed by atoms with E-state index in [1.165, 1.54) is 19.1 Å². The zero-order valence-electron chi connectivity index (χ0n) is 18.4. The average molecular weight is 464 g/mol. The van der Waals surface area contributed by atoms with Crippen LogP contribution in [0.4, 0.5) is 11.4 Å². The van der Waals surface area contributed by atoms with Crippen LogP contribution in [0.15, 0.2) is 77.7 Å². The molecular weight excluding hydrogens is 438 g/mol. The van der Waals surface area contributed by atoms with E-state index in [0.717, 1.165) is 23.2 Å². The molecule has 0 spiro atoms. The fourth-order valence-electron chi connectivity index (χ4n) is 3.97. The van der Waals surface area contributed by atoms with Gasteiger partial charge in [0.25, 0.3) is 5.91 Å². The van der Waals surface area contributed by atoms with Crippen LogP contribution in [-0.2, 0) is 27.8 Å². The molecule has 170 valence electrons. The van der Waals surface area contributed by atoms with Crippen LogP contribution in [0.25, 0.3) is 0 Å². The van der Waals surface area contributed by atoms with Gasteiger partial charge < -0.3 is 10.2 Å². The van der Waals surface area contributed by atoms with Crippen LogP contribution in [0.1, 0.15) is 35.3 Å². The first-order valence-electron chi connectivity index (χ1n) is 10.6. The van der Waals surface area contributed by atoms with Crippen LogP contribution in [0.3, 0.4) is 0 Å². The van der Waals surface area contributed by atoms with Gasteiger partial charge in [-0.05, 0) is 66.9 Å². The van der Waals surface area contributed by atoms with Gasteiger partial charge in [-0.3, -0.25) is 9.59 Å². The van der Waals surface area contributed by atoms with Crippen molar-refractivity contribution < 1.29 is 18.0 Å². The van der Waals surface area contributed by atoms with E-state index in [-0.39, 0.29) is 29.3 Å². The zero-order chi connectivity index (χ0) is 23.6. The number of hydrogen-bond donors (Lipinski definition) is 2. The second kappa shape index (κ2) is 9.17. The minimum absolute atomic E-state index is 0.0155. The van der Waals surface area contributed by atoms with Crippen molar-refractivity contribution in [1.29, 1.82) is 0 Å². The number of sulfonamides is 1.